The SMILES string of the molecule is Cc1ccccc1OCC#CCNC(=O)c1ccc(S(=O)(=O)N(C)C)cc1. The van der Waals surface area contributed by atoms with E-state index in [2.05, 4.69) is 17.2 Å². The lowest BCUT2D eigenvalue weighted by atomic mass is 10.2. The van der Waals surface area contributed by atoms with Crippen molar-refractivity contribution in [1.82, 2.24) is 9.62 Å². The Bertz CT molecular complexity index is 955. The van der Waals surface area contributed by atoms with Crippen molar-refractivity contribution in [3.05, 3.63) is 59.7 Å². The zero-order valence-electron chi connectivity index (χ0n) is 15.5. The van der Waals surface area contributed by atoms with Crippen LogP contribution < -0.4 is 10.1 Å². The van der Waals surface area contributed by atoms with Crippen LogP contribution in [0, 0.1) is 18.8 Å². The van der Waals surface area contributed by atoms with Crippen LogP contribution in [0.25, 0.3) is 0 Å². The van der Waals surface area contributed by atoms with Crippen LogP contribution in [0.3, 0.4) is 0 Å². The second-order valence-corrected chi connectivity index (χ2v) is 8.05. The maximum atomic E-state index is 12.1. The molecule has 0 aliphatic rings. The van der Waals surface area contributed by atoms with E-state index in [1.807, 2.05) is 31.2 Å². The van der Waals surface area contributed by atoms with Crippen LogP contribution in [0.4, 0.5) is 0 Å². The zero-order valence-corrected chi connectivity index (χ0v) is 16.3. The minimum atomic E-state index is -3.51. The van der Waals surface area contributed by atoms with Gasteiger partial charge in [-0.25, -0.2) is 12.7 Å². The number of carbonyl (C=O) groups is 1. The fourth-order valence-corrected chi connectivity index (χ4v) is 3.06. The van der Waals surface area contributed by atoms with Crippen LogP contribution in [0.1, 0.15) is 15.9 Å². The number of aryl methyl sites for hydroxylation is 1. The van der Waals surface area contributed by atoms with Gasteiger partial charge in [-0.2, -0.15) is 0 Å². The number of hydrogen-bond acceptors (Lipinski definition) is 4. The Hall–Kier alpha value is -2.82. The van der Waals surface area contributed by atoms with Gasteiger partial charge in [0, 0.05) is 19.7 Å². The Balaban J connectivity index is 1.84. The normalized spacial score (nSPS) is 10.8. The summed E-state index contributed by atoms with van der Waals surface area (Å²) in [7, 11) is -0.596. The maximum Gasteiger partial charge on any atom is 0.252 e. The molecule has 0 aromatic heterocycles. The predicted octanol–water partition coefficient (Wildman–Crippen LogP) is 2.06. The summed E-state index contributed by atoms with van der Waals surface area (Å²) in [5, 5.41) is 2.66. The number of para-hydroxylation sites is 1. The van der Waals surface area contributed by atoms with Gasteiger partial charge in [-0.1, -0.05) is 30.0 Å². The Morgan fingerprint density at radius 1 is 1.07 bits per heavy atom. The molecule has 0 saturated heterocycles. The molecule has 142 valence electrons. The highest BCUT2D eigenvalue weighted by Crippen LogP contribution is 2.15. The first-order valence-electron chi connectivity index (χ1n) is 8.27. The molecule has 0 unspecified atom stereocenters. The molecule has 0 spiro atoms. The highest BCUT2D eigenvalue weighted by atomic mass is 32.2. The predicted molar refractivity (Wildman–Crippen MR) is 104 cm³/mol. The third-order valence-electron chi connectivity index (χ3n) is 3.75. The van der Waals surface area contributed by atoms with Gasteiger partial charge in [0.1, 0.15) is 12.4 Å². The summed E-state index contributed by atoms with van der Waals surface area (Å²) >= 11 is 0. The Kier molecular flexibility index (Phi) is 6.99. The lowest BCUT2D eigenvalue weighted by molar-refractivity contribution is 0.0958. The molecular formula is C20H22N2O4S. The third kappa shape index (κ3) is 5.58. The number of hydrogen-bond donors (Lipinski definition) is 1. The van der Waals surface area contributed by atoms with Gasteiger partial charge in [0.15, 0.2) is 0 Å². The second-order valence-electron chi connectivity index (χ2n) is 5.90. The molecule has 2 aromatic rings. The maximum absolute atomic E-state index is 12.1. The second kappa shape index (κ2) is 9.21. The number of amides is 1. The van der Waals surface area contributed by atoms with Crippen molar-refractivity contribution in [2.45, 2.75) is 11.8 Å². The van der Waals surface area contributed by atoms with E-state index in [1.54, 1.807) is 0 Å². The molecule has 0 aliphatic heterocycles. The molecule has 0 fully saturated rings. The van der Waals surface area contributed by atoms with Gasteiger partial charge in [-0.15, -0.1) is 0 Å². The topological polar surface area (TPSA) is 75.7 Å². The minimum Gasteiger partial charge on any atom is -0.481 e. The number of sulfonamides is 1. The van der Waals surface area contributed by atoms with E-state index in [4.69, 9.17) is 4.74 Å². The Labute approximate surface area is 160 Å². The van der Waals surface area contributed by atoms with Gasteiger partial charge < -0.3 is 10.1 Å². The number of benzene rings is 2. The first kappa shape index (κ1) is 20.5. The van der Waals surface area contributed by atoms with E-state index in [-0.39, 0.29) is 24.0 Å². The van der Waals surface area contributed by atoms with Gasteiger partial charge in [-0.05, 0) is 42.8 Å². The largest absolute Gasteiger partial charge is 0.481 e. The standard InChI is InChI=1S/C20H22N2O4S/c1-16-8-4-5-9-19(16)26-15-7-6-14-21-20(23)17-10-12-18(13-11-17)27(24,25)22(2)3/h4-5,8-13H,14-15H2,1-3H3,(H,21,23). The van der Waals surface area contributed by atoms with E-state index >= 15 is 0 Å². The van der Waals surface area contributed by atoms with Crippen molar-refractivity contribution in [1.29, 1.82) is 0 Å². The fourth-order valence-electron chi connectivity index (χ4n) is 2.16. The highest BCUT2D eigenvalue weighted by Gasteiger charge is 2.17. The van der Waals surface area contributed by atoms with Crippen molar-refractivity contribution in [3.63, 3.8) is 0 Å². The van der Waals surface area contributed by atoms with E-state index in [1.165, 1.54) is 38.4 Å². The summed E-state index contributed by atoms with van der Waals surface area (Å²) in [4.78, 5) is 12.2. The van der Waals surface area contributed by atoms with Gasteiger partial charge in [0.25, 0.3) is 5.91 Å². The summed E-state index contributed by atoms with van der Waals surface area (Å²) in [6.07, 6.45) is 0. The van der Waals surface area contributed by atoms with E-state index < -0.39 is 10.0 Å². The quantitative estimate of drug-likeness (QED) is 0.771. The van der Waals surface area contributed by atoms with E-state index in [0.29, 0.717) is 5.56 Å². The molecule has 0 atom stereocenters. The van der Waals surface area contributed by atoms with Crippen molar-refractivity contribution >= 4 is 15.9 Å². The van der Waals surface area contributed by atoms with Gasteiger partial charge in [0.05, 0.1) is 11.4 Å². The molecular weight excluding hydrogens is 364 g/mol. The molecule has 0 saturated carbocycles. The van der Waals surface area contributed by atoms with Crippen LogP contribution >= 0.6 is 0 Å². The number of nitrogens with zero attached hydrogens (tertiary/aromatic N) is 1. The number of ether oxygens (including phenoxy) is 1. The molecule has 1 amide bonds. The van der Waals surface area contributed by atoms with E-state index in [0.717, 1.165) is 15.6 Å². The van der Waals surface area contributed by atoms with Crippen LogP contribution in [0.15, 0.2) is 53.4 Å². The van der Waals surface area contributed by atoms with Crippen LogP contribution in [0.2, 0.25) is 0 Å². The van der Waals surface area contributed by atoms with Crippen LogP contribution in [-0.2, 0) is 10.0 Å². The highest BCUT2D eigenvalue weighted by molar-refractivity contribution is 7.89. The molecule has 7 heteroatoms. The van der Waals surface area contributed by atoms with Crippen molar-refractivity contribution in [2.24, 2.45) is 0 Å². The summed E-state index contributed by atoms with van der Waals surface area (Å²) in [5.41, 5.74) is 1.40. The van der Waals surface area contributed by atoms with Crippen molar-refractivity contribution in [2.75, 3.05) is 27.2 Å². The van der Waals surface area contributed by atoms with Crippen molar-refractivity contribution < 1.29 is 17.9 Å². The van der Waals surface area contributed by atoms with Crippen molar-refractivity contribution in [3.8, 4) is 17.6 Å². The minimum absolute atomic E-state index is 0.136. The molecule has 2 rings (SSSR count). The summed E-state index contributed by atoms with van der Waals surface area (Å²) in [5.74, 6) is 6.11. The molecule has 6 nitrogen and oxygen atoms in total. The monoisotopic (exact) mass is 386 g/mol. The Morgan fingerprint density at radius 2 is 1.74 bits per heavy atom. The molecule has 0 aliphatic carbocycles. The molecule has 2 aromatic carbocycles. The first-order valence-corrected chi connectivity index (χ1v) is 9.71. The average Bonchev–Trinajstić information content (AvgIpc) is 2.65. The lowest BCUT2D eigenvalue weighted by Crippen LogP contribution is -2.24. The fraction of sp³-hybridized carbons (Fsp3) is 0.250. The smallest absolute Gasteiger partial charge is 0.252 e. The number of rotatable bonds is 6. The van der Waals surface area contributed by atoms with Gasteiger partial charge >= 0.3 is 0 Å². The van der Waals surface area contributed by atoms with Gasteiger partial charge in [-0.3, -0.25) is 4.79 Å². The lowest BCUT2D eigenvalue weighted by Gasteiger charge is -2.11. The molecule has 1 N–H and O–H groups in total. The summed E-state index contributed by atoms with van der Waals surface area (Å²) in [6, 6.07) is 13.4. The first-order chi connectivity index (χ1) is 12.8. The number of nitrogens with one attached hydrogen (secondary N) is 1. The molecule has 0 heterocycles. The average molecular weight is 386 g/mol. The summed E-state index contributed by atoms with van der Waals surface area (Å²) in [6.45, 7) is 2.36. The molecule has 27 heavy (non-hydrogen) atoms. The van der Waals surface area contributed by atoms with Crippen LogP contribution in [0.5, 0.6) is 5.75 Å². The van der Waals surface area contributed by atoms with E-state index in [9.17, 15) is 13.2 Å². The Morgan fingerprint density at radius 3 is 2.37 bits per heavy atom. The third-order valence-corrected chi connectivity index (χ3v) is 5.58. The zero-order chi connectivity index (χ0) is 19.9. The van der Waals surface area contributed by atoms with Gasteiger partial charge in [0.2, 0.25) is 10.0 Å². The van der Waals surface area contributed by atoms with Crippen LogP contribution in [-0.4, -0.2) is 45.9 Å². The summed E-state index contributed by atoms with van der Waals surface area (Å²) < 4.78 is 30.7. The molecule has 0 radical (unpaired) electrons. The molecule has 0 bridgehead atoms. The number of carbonyl (C=O) groups excluding carboxylic acids is 1.